The first-order valence-corrected chi connectivity index (χ1v) is 5.39. The summed E-state index contributed by atoms with van der Waals surface area (Å²) >= 11 is 0. The van der Waals surface area contributed by atoms with Crippen molar-refractivity contribution in [2.75, 3.05) is 33.5 Å². The Labute approximate surface area is 99.5 Å². The molecule has 0 bridgehead atoms. The molecule has 0 radical (unpaired) electrons. The van der Waals surface area contributed by atoms with Gasteiger partial charge >= 0.3 is 0 Å². The third kappa shape index (κ3) is 3.95. The molecule has 1 saturated heterocycles. The van der Waals surface area contributed by atoms with Crippen molar-refractivity contribution in [1.82, 2.24) is 4.90 Å². The minimum Gasteiger partial charge on any atom is -0.391 e. The molecule has 17 heavy (non-hydrogen) atoms. The highest BCUT2D eigenvalue weighted by atomic mass is 16.5. The summed E-state index contributed by atoms with van der Waals surface area (Å²) in [5.74, 6) is -0.951. The number of likely N-dealkylation sites (tertiary alicyclic amines) is 1. The number of primary amides is 1. The number of amides is 2. The van der Waals surface area contributed by atoms with Crippen LogP contribution in [0.15, 0.2) is 0 Å². The van der Waals surface area contributed by atoms with E-state index in [1.807, 2.05) is 0 Å². The van der Waals surface area contributed by atoms with E-state index in [2.05, 4.69) is 0 Å². The van der Waals surface area contributed by atoms with E-state index in [1.54, 1.807) is 0 Å². The smallest absolute Gasteiger partial charge is 0.249 e. The van der Waals surface area contributed by atoms with Crippen molar-refractivity contribution in [2.45, 2.75) is 18.6 Å². The van der Waals surface area contributed by atoms with Gasteiger partial charge in [-0.05, 0) is 0 Å². The Morgan fingerprint density at radius 1 is 1.47 bits per heavy atom. The number of nitrogens with zero attached hydrogens (tertiary/aromatic N) is 1. The molecule has 0 aromatic carbocycles. The van der Waals surface area contributed by atoms with Gasteiger partial charge in [0.05, 0.1) is 19.3 Å². The molecule has 98 valence electrons. The lowest BCUT2D eigenvalue weighted by atomic mass is 10.2. The van der Waals surface area contributed by atoms with Crippen LogP contribution < -0.4 is 5.73 Å². The highest BCUT2D eigenvalue weighted by Gasteiger charge is 2.37. The van der Waals surface area contributed by atoms with Gasteiger partial charge in [0.2, 0.25) is 11.8 Å². The summed E-state index contributed by atoms with van der Waals surface area (Å²) in [6, 6.07) is -0.733. The molecule has 1 aliphatic rings. The van der Waals surface area contributed by atoms with Crippen LogP contribution >= 0.6 is 0 Å². The van der Waals surface area contributed by atoms with E-state index >= 15 is 0 Å². The van der Waals surface area contributed by atoms with Crippen LogP contribution in [0.3, 0.4) is 0 Å². The number of carbonyl (C=O) groups is 2. The zero-order chi connectivity index (χ0) is 12.8. The molecule has 0 spiro atoms. The van der Waals surface area contributed by atoms with E-state index < -0.39 is 18.1 Å². The first-order valence-electron chi connectivity index (χ1n) is 5.39. The van der Waals surface area contributed by atoms with E-state index in [4.69, 9.17) is 15.2 Å². The maximum absolute atomic E-state index is 11.7. The van der Waals surface area contributed by atoms with E-state index in [0.717, 1.165) is 0 Å². The molecule has 1 fully saturated rings. The Morgan fingerprint density at radius 2 is 2.18 bits per heavy atom. The Hall–Kier alpha value is -1.18. The molecule has 7 heteroatoms. The Morgan fingerprint density at radius 3 is 2.76 bits per heavy atom. The fourth-order valence-electron chi connectivity index (χ4n) is 1.74. The predicted octanol–water partition coefficient (Wildman–Crippen LogP) is -1.90. The minimum atomic E-state index is -0.733. The molecule has 2 atom stereocenters. The Balaban J connectivity index is 2.41. The fourth-order valence-corrected chi connectivity index (χ4v) is 1.74. The molecular weight excluding hydrogens is 228 g/mol. The standard InChI is InChI=1S/C10H18N2O5/c1-16-2-3-17-6-9(14)12-5-7(13)4-8(12)10(11)15/h7-8,13H,2-6H2,1H3,(H2,11,15). The molecule has 2 amide bonds. The largest absolute Gasteiger partial charge is 0.391 e. The molecule has 0 saturated carbocycles. The van der Waals surface area contributed by atoms with Gasteiger partial charge in [0.15, 0.2) is 0 Å². The minimum absolute atomic E-state index is 0.125. The number of ether oxygens (including phenoxy) is 2. The molecular formula is C10H18N2O5. The Kier molecular flexibility index (Phi) is 5.33. The average molecular weight is 246 g/mol. The van der Waals surface area contributed by atoms with Crippen LogP contribution in [0.1, 0.15) is 6.42 Å². The SMILES string of the molecule is COCCOCC(=O)N1CC(O)CC1C(N)=O. The quantitative estimate of drug-likeness (QED) is 0.533. The van der Waals surface area contributed by atoms with Gasteiger partial charge in [0.1, 0.15) is 12.6 Å². The van der Waals surface area contributed by atoms with Gasteiger partial charge in [-0.3, -0.25) is 9.59 Å². The molecule has 2 unspecified atom stereocenters. The lowest BCUT2D eigenvalue weighted by Gasteiger charge is -2.21. The van der Waals surface area contributed by atoms with Crippen LogP contribution in [-0.2, 0) is 19.1 Å². The number of aliphatic hydroxyl groups excluding tert-OH is 1. The third-order valence-corrected chi connectivity index (χ3v) is 2.59. The Bertz CT molecular complexity index is 284. The zero-order valence-electron chi connectivity index (χ0n) is 9.80. The van der Waals surface area contributed by atoms with Crippen LogP contribution in [0, 0.1) is 0 Å². The lowest BCUT2D eigenvalue weighted by Crippen LogP contribution is -2.45. The van der Waals surface area contributed by atoms with E-state index in [9.17, 15) is 14.7 Å². The number of β-amino-alcohol motifs (C(OH)–C–C–N with tert-alkyl or cyclic N) is 1. The van der Waals surface area contributed by atoms with Crippen molar-refractivity contribution in [2.24, 2.45) is 5.73 Å². The maximum atomic E-state index is 11.7. The third-order valence-electron chi connectivity index (χ3n) is 2.59. The number of carbonyl (C=O) groups excluding carboxylic acids is 2. The molecule has 3 N–H and O–H groups in total. The van der Waals surface area contributed by atoms with Crippen LogP contribution in [0.4, 0.5) is 0 Å². The van der Waals surface area contributed by atoms with Crippen molar-refractivity contribution in [3.8, 4) is 0 Å². The zero-order valence-corrected chi connectivity index (χ0v) is 9.80. The van der Waals surface area contributed by atoms with Crippen molar-refractivity contribution in [3.05, 3.63) is 0 Å². The highest BCUT2D eigenvalue weighted by Crippen LogP contribution is 2.17. The van der Waals surface area contributed by atoms with E-state index in [1.165, 1.54) is 12.0 Å². The van der Waals surface area contributed by atoms with Crippen molar-refractivity contribution in [1.29, 1.82) is 0 Å². The predicted molar refractivity (Wildman–Crippen MR) is 58.0 cm³/mol. The van der Waals surface area contributed by atoms with Crippen LogP contribution in [0.25, 0.3) is 0 Å². The number of aliphatic hydroxyl groups is 1. The molecule has 0 aromatic rings. The summed E-state index contributed by atoms with van der Waals surface area (Å²) in [4.78, 5) is 24.1. The summed E-state index contributed by atoms with van der Waals surface area (Å²) < 4.78 is 9.82. The first kappa shape index (κ1) is 13.9. The summed E-state index contributed by atoms with van der Waals surface area (Å²) in [6.45, 7) is 0.689. The van der Waals surface area contributed by atoms with Crippen LogP contribution in [0.2, 0.25) is 0 Å². The lowest BCUT2D eigenvalue weighted by molar-refractivity contribution is -0.141. The fraction of sp³-hybridized carbons (Fsp3) is 0.800. The number of nitrogens with two attached hydrogens (primary N) is 1. The maximum Gasteiger partial charge on any atom is 0.249 e. The summed E-state index contributed by atoms with van der Waals surface area (Å²) in [5.41, 5.74) is 5.16. The number of methoxy groups -OCH3 is 1. The van der Waals surface area contributed by atoms with Gasteiger partial charge in [-0.1, -0.05) is 0 Å². The van der Waals surface area contributed by atoms with Crippen molar-refractivity contribution in [3.63, 3.8) is 0 Å². The summed E-state index contributed by atoms with van der Waals surface area (Å²) in [5, 5.41) is 9.41. The van der Waals surface area contributed by atoms with Crippen molar-refractivity contribution < 1.29 is 24.2 Å². The van der Waals surface area contributed by atoms with Crippen LogP contribution in [-0.4, -0.2) is 67.4 Å². The second kappa shape index (κ2) is 6.53. The van der Waals surface area contributed by atoms with Gasteiger partial charge in [-0.25, -0.2) is 0 Å². The second-order valence-electron chi connectivity index (χ2n) is 3.90. The summed E-state index contributed by atoms with van der Waals surface area (Å²) in [7, 11) is 1.53. The number of hydrogen-bond donors (Lipinski definition) is 2. The molecule has 0 aliphatic carbocycles. The molecule has 0 aromatic heterocycles. The van der Waals surface area contributed by atoms with E-state index in [-0.39, 0.29) is 25.5 Å². The topological polar surface area (TPSA) is 102 Å². The summed E-state index contributed by atoms with van der Waals surface area (Å²) in [6.07, 6.45) is -0.505. The second-order valence-corrected chi connectivity index (χ2v) is 3.90. The van der Waals surface area contributed by atoms with Gasteiger partial charge in [-0.15, -0.1) is 0 Å². The first-order chi connectivity index (χ1) is 8.06. The molecule has 1 aliphatic heterocycles. The van der Waals surface area contributed by atoms with Crippen molar-refractivity contribution >= 4 is 11.8 Å². The normalized spacial score (nSPS) is 24.0. The molecule has 1 rings (SSSR count). The van der Waals surface area contributed by atoms with Gasteiger partial charge in [0.25, 0.3) is 0 Å². The number of hydrogen-bond acceptors (Lipinski definition) is 5. The monoisotopic (exact) mass is 246 g/mol. The molecule has 7 nitrogen and oxygen atoms in total. The van der Waals surface area contributed by atoms with Gasteiger partial charge in [-0.2, -0.15) is 0 Å². The molecule has 1 heterocycles. The van der Waals surface area contributed by atoms with Gasteiger partial charge in [0, 0.05) is 20.1 Å². The average Bonchev–Trinajstić information content (AvgIpc) is 2.66. The van der Waals surface area contributed by atoms with Gasteiger partial charge < -0.3 is 25.2 Å². The van der Waals surface area contributed by atoms with E-state index in [0.29, 0.717) is 13.2 Å². The van der Waals surface area contributed by atoms with Crippen LogP contribution in [0.5, 0.6) is 0 Å². The highest BCUT2D eigenvalue weighted by molar-refractivity contribution is 5.87. The number of rotatable bonds is 6.